The number of hydrogen-bond donors (Lipinski definition) is 1. The van der Waals surface area contributed by atoms with Crippen LogP contribution < -0.4 is 4.74 Å². The van der Waals surface area contributed by atoms with Gasteiger partial charge in [0.1, 0.15) is 5.75 Å². The Labute approximate surface area is 204 Å². The summed E-state index contributed by atoms with van der Waals surface area (Å²) in [6, 6.07) is 18.4. The van der Waals surface area contributed by atoms with Crippen molar-refractivity contribution in [2.24, 2.45) is 0 Å². The molecule has 3 aromatic rings. The average Bonchev–Trinajstić information content (AvgIpc) is 3.13. The highest BCUT2D eigenvalue weighted by Gasteiger charge is 2.24. The van der Waals surface area contributed by atoms with Crippen molar-refractivity contribution in [3.63, 3.8) is 0 Å². The summed E-state index contributed by atoms with van der Waals surface area (Å²) in [5.74, 6) is 1.47. The largest absolute Gasteiger partial charge is 0.439 e. The van der Waals surface area contributed by atoms with Crippen molar-refractivity contribution in [3.8, 4) is 17.3 Å². The zero-order valence-electron chi connectivity index (χ0n) is 21.4. The summed E-state index contributed by atoms with van der Waals surface area (Å²) in [5.41, 5.74) is 4.05. The van der Waals surface area contributed by atoms with Crippen molar-refractivity contribution < 1.29 is 14.6 Å². The molecular weight excluding hydrogens is 426 g/mol. The number of aromatic nitrogens is 2. The lowest BCUT2D eigenvalue weighted by atomic mass is 10.1. The molecule has 0 bridgehead atoms. The Morgan fingerprint density at radius 1 is 1.00 bits per heavy atom. The third-order valence-electron chi connectivity index (χ3n) is 6.02. The van der Waals surface area contributed by atoms with Gasteiger partial charge in [0.2, 0.25) is 5.88 Å². The number of aryl methyl sites for hydroxylation is 2. The molecule has 2 atom stereocenters. The van der Waals surface area contributed by atoms with Crippen LogP contribution in [0.3, 0.4) is 0 Å². The molecule has 0 radical (unpaired) electrons. The highest BCUT2D eigenvalue weighted by Crippen LogP contribution is 2.32. The van der Waals surface area contributed by atoms with Crippen LogP contribution in [0.2, 0.25) is 0 Å². The Hall–Kier alpha value is -2.67. The van der Waals surface area contributed by atoms with Gasteiger partial charge in [-0.25, -0.2) is 4.68 Å². The molecule has 184 valence electrons. The number of benzene rings is 2. The lowest BCUT2D eigenvalue weighted by Gasteiger charge is -2.30. The van der Waals surface area contributed by atoms with Crippen molar-refractivity contribution >= 4 is 0 Å². The van der Waals surface area contributed by atoms with Crippen molar-refractivity contribution in [1.82, 2.24) is 14.7 Å². The summed E-state index contributed by atoms with van der Waals surface area (Å²) in [7, 11) is 0. The lowest BCUT2D eigenvalue weighted by molar-refractivity contribution is -0.0150. The van der Waals surface area contributed by atoms with Gasteiger partial charge in [-0.1, -0.05) is 42.8 Å². The van der Waals surface area contributed by atoms with Crippen LogP contribution >= 0.6 is 0 Å². The van der Waals surface area contributed by atoms with Crippen molar-refractivity contribution in [1.29, 1.82) is 0 Å². The number of hydrogen-bond acceptors (Lipinski definition) is 5. The van der Waals surface area contributed by atoms with E-state index < -0.39 is 6.10 Å². The van der Waals surface area contributed by atoms with E-state index in [0.717, 1.165) is 29.1 Å². The first-order chi connectivity index (χ1) is 16.3. The van der Waals surface area contributed by atoms with Gasteiger partial charge in [0.25, 0.3) is 0 Å². The molecule has 34 heavy (non-hydrogen) atoms. The second kappa shape index (κ2) is 12.2. The summed E-state index contributed by atoms with van der Waals surface area (Å²) in [4.78, 5) is 2.29. The molecule has 2 aromatic carbocycles. The highest BCUT2D eigenvalue weighted by atomic mass is 16.5. The van der Waals surface area contributed by atoms with E-state index in [1.54, 1.807) is 0 Å². The average molecular weight is 466 g/mol. The molecule has 0 aliphatic carbocycles. The highest BCUT2D eigenvalue weighted by molar-refractivity contribution is 5.43. The second-order valence-corrected chi connectivity index (χ2v) is 9.25. The zero-order chi connectivity index (χ0) is 24.7. The molecule has 6 nitrogen and oxygen atoms in total. The van der Waals surface area contributed by atoms with Gasteiger partial charge in [-0.3, -0.25) is 4.90 Å². The molecule has 1 heterocycles. The predicted molar refractivity (Wildman–Crippen MR) is 137 cm³/mol. The summed E-state index contributed by atoms with van der Waals surface area (Å²) in [6.07, 6.45) is 0.493. The molecule has 0 aliphatic heterocycles. The molecule has 0 saturated carbocycles. The normalized spacial score (nSPS) is 13.4. The van der Waals surface area contributed by atoms with E-state index >= 15 is 0 Å². The summed E-state index contributed by atoms with van der Waals surface area (Å²) >= 11 is 0. The van der Waals surface area contributed by atoms with Gasteiger partial charge in [0, 0.05) is 19.1 Å². The van der Waals surface area contributed by atoms with Gasteiger partial charge >= 0.3 is 0 Å². The number of nitrogens with zero attached hydrogens (tertiary/aromatic N) is 3. The van der Waals surface area contributed by atoms with Gasteiger partial charge in [-0.05, 0) is 65.3 Å². The first kappa shape index (κ1) is 25.9. The van der Waals surface area contributed by atoms with E-state index in [1.807, 2.05) is 80.1 Å². The predicted octanol–water partition coefficient (Wildman–Crippen LogP) is 5.67. The number of rotatable bonds is 12. The number of aliphatic hydroxyl groups excluding tert-OH is 1. The minimum absolute atomic E-state index is 0.0903. The van der Waals surface area contributed by atoms with Crippen molar-refractivity contribution in [3.05, 3.63) is 71.4 Å². The minimum Gasteiger partial charge on any atom is -0.439 e. The summed E-state index contributed by atoms with van der Waals surface area (Å²) in [6.45, 7) is 13.8. The van der Waals surface area contributed by atoms with Crippen LogP contribution in [-0.4, -0.2) is 51.2 Å². The maximum Gasteiger partial charge on any atom is 0.227 e. The van der Waals surface area contributed by atoms with Crippen LogP contribution in [0.4, 0.5) is 0 Å². The number of para-hydroxylation sites is 1. The molecule has 0 spiro atoms. The van der Waals surface area contributed by atoms with E-state index in [2.05, 4.69) is 25.7 Å². The third-order valence-corrected chi connectivity index (χ3v) is 6.02. The molecular formula is C28H39N3O3. The molecule has 0 amide bonds. The first-order valence-corrected chi connectivity index (χ1v) is 12.2. The fraction of sp³-hybridized carbons (Fsp3) is 0.464. The molecule has 3 rings (SSSR count). The third kappa shape index (κ3) is 6.92. The monoisotopic (exact) mass is 465 g/mol. The molecule has 1 aromatic heterocycles. The molecule has 6 heteroatoms. The Bertz CT molecular complexity index is 1020. The fourth-order valence-electron chi connectivity index (χ4n) is 3.78. The summed E-state index contributed by atoms with van der Waals surface area (Å²) < 4.78 is 14.0. The van der Waals surface area contributed by atoms with Gasteiger partial charge in [-0.2, -0.15) is 5.10 Å². The first-order valence-electron chi connectivity index (χ1n) is 12.2. The van der Waals surface area contributed by atoms with Crippen LogP contribution in [0.5, 0.6) is 11.6 Å². The molecule has 0 fully saturated rings. The Morgan fingerprint density at radius 3 is 2.29 bits per heavy atom. The topological polar surface area (TPSA) is 59.8 Å². The van der Waals surface area contributed by atoms with E-state index in [9.17, 15) is 5.11 Å². The smallest absolute Gasteiger partial charge is 0.227 e. The Morgan fingerprint density at radius 2 is 1.68 bits per heavy atom. The second-order valence-electron chi connectivity index (χ2n) is 9.25. The van der Waals surface area contributed by atoms with E-state index in [4.69, 9.17) is 14.6 Å². The van der Waals surface area contributed by atoms with Gasteiger partial charge in [-0.15, -0.1) is 0 Å². The zero-order valence-corrected chi connectivity index (χ0v) is 21.4. The number of ether oxygens (including phenoxy) is 2. The maximum absolute atomic E-state index is 10.7. The molecule has 1 N–H and O–H groups in total. The SMILES string of the molecule is CC[C@H](C)N(Cc1c(C)nn(-c2ccccc2)c1Oc1ccc(C)cc1)C[C@H](O)COC(C)C. The Balaban J connectivity index is 1.95. The Kier molecular flexibility index (Phi) is 9.28. The minimum atomic E-state index is -0.567. The van der Waals surface area contributed by atoms with Crippen molar-refractivity contribution in [2.75, 3.05) is 13.2 Å². The lowest BCUT2D eigenvalue weighted by Crippen LogP contribution is -2.40. The quantitative estimate of drug-likeness (QED) is 0.374. The van der Waals surface area contributed by atoms with Crippen LogP contribution in [0.25, 0.3) is 5.69 Å². The van der Waals surface area contributed by atoms with E-state index in [0.29, 0.717) is 25.6 Å². The van der Waals surface area contributed by atoms with Crippen molar-refractivity contribution in [2.45, 2.75) is 72.8 Å². The maximum atomic E-state index is 10.7. The van der Waals surface area contributed by atoms with E-state index in [1.165, 1.54) is 5.56 Å². The van der Waals surface area contributed by atoms with Gasteiger partial charge < -0.3 is 14.6 Å². The standard InChI is InChI=1S/C28H39N3O3/c1-7-22(5)30(17-25(32)19-33-20(2)3)18-27-23(6)29-31(24-11-9-8-10-12-24)28(27)34-26-15-13-21(4)14-16-26/h8-16,20,22,25,32H,7,17-19H2,1-6H3/t22-,25-/m0/s1. The molecule has 0 saturated heterocycles. The van der Waals surface area contributed by atoms with Crippen LogP contribution in [0.1, 0.15) is 50.9 Å². The summed E-state index contributed by atoms with van der Waals surface area (Å²) in [5, 5.41) is 15.5. The van der Waals surface area contributed by atoms with E-state index in [-0.39, 0.29) is 12.1 Å². The van der Waals surface area contributed by atoms with Crippen LogP contribution in [-0.2, 0) is 11.3 Å². The molecule has 0 aliphatic rings. The van der Waals surface area contributed by atoms with Gasteiger partial charge in [0.15, 0.2) is 0 Å². The fourth-order valence-corrected chi connectivity index (χ4v) is 3.78. The van der Waals surface area contributed by atoms with Gasteiger partial charge in [0.05, 0.1) is 35.8 Å². The van der Waals surface area contributed by atoms with Crippen LogP contribution in [0.15, 0.2) is 54.6 Å². The molecule has 0 unspecified atom stereocenters. The van der Waals surface area contributed by atoms with Crippen LogP contribution in [0, 0.1) is 13.8 Å². The number of aliphatic hydroxyl groups is 1.